The maximum atomic E-state index is 11.4. The monoisotopic (exact) mass is 343 g/mol. The van der Waals surface area contributed by atoms with Crippen LogP contribution in [0.1, 0.15) is 30.5 Å². The van der Waals surface area contributed by atoms with Crippen molar-refractivity contribution in [2.24, 2.45) is 0 Å². The van der Waals surface area contributed by atoms with Crippen LogP contribution in [0.5, 0.6) is 0 Å². The number of hydrogen-bond donors (Lipinski definition) is 0. The van der Waals surface area contributed by atoms with E-state index in [0.29, 0.717) is 12.2 Å². The van der Waals surface area contributed by atoms with Crippen LogP contribution in [-0.4, -0.2) is 12.6 Å². The second-order valence-corrected chi connectivity index (χ2v) is 4.71. The normalized spacial score (nSPS) is 9.76. The SMILES string of the molecule is CCOC(=O)Cc1cc(I)c(CC)cc1C#N. The second-order valence-electron chi connectivity index (χ2n) is 3.55. The molecule has 4 heteroatoms. The fraction of sp³-hybridized carbons (Fsp3) is 0.385. The standard InChI is InChI=1S/C13H14INO2/c1-3-9-5-11(8-15)10(6-12(9)14)7-13(16)17-4-2/h5-6H,3-4,7H2,1-2H3. The lowest BCUT2D eigenvalue weighted by atomic mass is 10.0. The van der Waals surface area contributed by atoms with Crippen molar-refractivity contribution in [1.82, 2.24) is 0 Å². The van der Waals surface area contributed by atoms with Crippen LogP contribution in [0.3, 0.4) is 0 Å². The molecule has 0 aliphatic carbocycles. The van der Waals surface area contributed by atoms with Gasteiger partial charge in [0.15, 0.2) is 0 Å². The van der Waals surface area contributed by atoms with Gasteiger partial charge in [-0.25, -0.2) is 0 Å². The third-order valence-corrected chi connectivity index (χ3v) is 3.42. The van der Waals surface area contributed by atoms with Crippen LogP contribution in [0.15, 0.2) is 12.1 Å². The number of carbonyl (C=O) groups excluding carboxylic acids is 1. The molecule has 0 bridgehead atoms. The fourth-order valence-electron chi connectivity index (χ4n) is 1.55. The predicted octanol–water partition coefficient (Wildman–Crippen LogP) is 2.83. The summed E-state index contributed by atoms with van der Waals surface area (Å²) in [5.41, 5.74) is 2.44. The molecule has 0 amide bonds. The molecule has 0 saturated heterocycles. The molecule has 0 radical (unpaired) electrons. The van der Waals surface area contributed by atoms with Gasteiger partial charge in [-0.3, -0.25) is 4.79 Å². The first-order valence-corrected chi connectivity index (χ1v) is 6.57. The Hall–Kier alpha value is -1.09. The molecule has 0 aromatic heterocycles. The number of carbonyl (C=O) groups is 1. The Kier molecular flexibility index (Phi) is 5.42. The average molecular weight is 343 g/mol. The highest BCUT2D eigenvalue weighted by Gasteiger charge is 2.11. The van der Waals surface area contributed by atoms with Crippen LogP contribution >= 0.6 is 22.6 Å². The predicted molar refractivity (Wildman–Crippen MR) is 73.6 cm³/mol. The maximum absolute atomic E-state index is 11.4. The van der Waals surface area contributed by atoms with Crippen LogP contribution < -0.4 is 0 Å². The van der Waals surface area contributed by atoms with Crippen LogP contribution in [0.25, 0.3) is 0 Å². The van der Waals surface area contributed by atoms with Crippen LogP contribution in [0.4, 0.5) is 0 Å². The molecule has 0 N–H and O–H groups in total. The minimum absolute atomic E-state index is 0.163. The third kappa shape index (κ3) is 3.70. The summed E-state index contributed by atoms with van der Waals surface area (Å²) in [5, 5.41) is 9.07. The van der Waals surface area contributed by atoms with Crippen molar-refractivity contribution in [1.29, 1.82) is 5.26 Å². The number of hydrogen-bond acceptors (Lipinski definition) is 3. The van der Waals surface area contributed by atoms with Crippen LogP contribution in [0.2, 0.25) is 0 Å². The largest absolute Gasteiger partial charge is 0.466 e. The molecule has 0 unspecified atom stereocenters. The summed E-state index contributed by atoms with van der Waals surface area (Å²) in [6.45, 7) is 4.18. The van der Waals surface area contributed by atoms with E-state index in [4.69, 9.17) is 10.00 Å². The topological polar surface area (TPSA) is 50.1 Å². The Morgan fingerprint density at radius 2 is 2.12 bits per heavy atom. The van der Waals surface area contributed by atoms with Gasteiger partial charge in [-0.1, -0.05) is 6.92 Å². The zero-order chi connectivity index (χ0) is 12.8. The number of ether oxygens (including phenoxy) is 1. The van der Waals surface area contributed by atoms with Crippen molar-refractivity contribution in [3.05, 3.63) is 32.4 Å². The van der Waals surface area contributed by atoms with E-state index in [1.807, 2.05) is 19.1 Å². The molecule has 0 aliphatic rings. The molecule has 0 aliphatic heterocycles. The van der Waals surface area contributed by atoms with E-state index in [2.05, 4.69) is 28.7 Å². The summed E-state index contributed by atoms with van der Waals surface area (Å²) in [4.78, 5) is 11.4. The molecule has 0 spiro atoms. The molecule has 90 valence electrons. The van der Waals surface area contributed by atoms with Gasteiger partial charge in [0.05, 0.1) is 24.7 Å². The van der Waals surface area contributed by atoms with Gasteiger partial charge in [-0.15, -0.1) is 0 Å². The van der Waals surface area contributed by atoms with E-state index in [9.17, 15) is 4.79 Å². The molecular formula is C13H14INO2. The zero-order valence-corrected chi connectivity index (χ0v) is 12.1. The van der Waals surface area contributed by atoms with Crippen molar-refractivity contribution in [2.75, 3.05) is 6.61 Å². The number of esters is 1. The van der Waals surface area contributed by atoms with Crippen LogP contribution in [-0.2, 0) is 22.4 Å². The lowest BCUT2D eigenvalue weighted by Crippen LogP contribution is -2.09. The first kappa shape index (κ1) is 14.0. The Labute approximate surface area is 115 Å². The second kappa shape index (κ2) is 6.60. The highest BCUT2D eigenvalue weighted by atomic mass is 127. The van der Waals surface area contributed by atoms with Gasteiger partial charge in [-0.05, 0) is 59.2 Å². The summed E-state index contributed by atoms with van der Waals surface area (Å²) in [6.07, 6.45) is 1.05. The lowest BCUT2D eigenvalue weighted by molar-refractivity contribution is -0.142. The zero-order valence-electron chi connectivity index (χ0n) is 9.92. The fourth-order valence-corrected chi connectivity index (χ4v) is 2.46. The smallest absolute Gasteiger partial charge is 0.310 e. The third-order valence-electron chi connectivity index (χ3n) is 2.41. The number of nitriles is 1. The first-order valence-electron chi connectivity index (χ1n) is 5.49. The summed E-state index contributed by atoms with van der Waals surface area (Å²) in [6, 6.07) is 5.89. The van der Waals surface area contributed by atoms with E-state index in [1.165, 1.54) is 0 Å². The molecular weight excluding hydrogens is 329 g/mol. The first-order chi connectivity index (χ1) is 8.12. The van der Waals surface area contributed by atoms with Crippen molar-refractivity contribution in [3.63, 3.8) is 0 Å². The van der Waals surface area contributed by atoms with Gasteiger partial charge in [0.1, 0.15) is 0 Å². The highest BCUT2D eigenvalue weighted by Crippen LogP contribution is 2.20. The van der Waals surface area contributed by atoms with E-state index in [-0.39, 0.29) is 12.4 Å². The van der Waals surface area contributed by atoms with Crippen molar-refractivity contribution in [3.8, 4) is 6.07 Å². The minimum Gasteiger partial charge on any atom is -0.466 e. The van der Waals surface area contributed by atoms with E-state index >= 15 is 0 Å². The minimum atomic E-state index is -0.288. The Balaban J connectivity index is 3.03. The quantitative estimate of drug-likeness (QED) is 0.624. The van der Waals surface area contributed by atoms with Gasteiger partial charge in [0, 0.05) is 3.57 Å². The summed E-state index contributed by atoms with van der Waals surface area (Å²) in [5.74, 6) is -0.288. The maximum Gasteiger partial charge on any atom is 0.310 e. The van der Waals surface area contributed by atoms with Crippen molar-refractivity contribution < 1.29 is 9.53 Å². The summed E-state index contributed by atoms with van der Waals surface area (Å²) >= 11 is 2.23. The van der Waals surface area contributed by atoms with E-state index < -0.39 is 0 Å². The molecule has 0 atom stereocenters. The molecule has 0 heterocycles. The molecule has 17 heavy (non-hydrogen) atoms. The number of halogens is 1. The molecule has 1 aromatic carbocycles. The van der Waals surface area contributed by atoms with Gasteiger partial charge >= 0.3 is 5.97 Å². The van der Waals surface area contributed by atoms with Gasteiger partial charge in [0.2, 0.25) is 0 Å². The molecule has 0 fully saturated rings. The average Bonchev–Trinajstić information content (AvgIpc) is 2.29. The van der Waals surface area contributed by atoms with Crippen molar-refractivity contribution in [2.45, 2.75) is 26.7 Å². The number of rotatable bonds is 4. The molecule has 1 rings (SSSR count). The van der Waals surface area contributed by atoms with E-state index in [0.717, 1.165) is 21.1 Å². The Bertz CT molecular complexity index is 463. The van der Waals surface area contributed by atoms with Crippen molar-refractivity contribution >= 4 is 28.6 Å². The molecule has 0 saturated carbocycles. The number of nitrogens with zero attached hydrogens (tertiary/aromatic N) is 1. The summed E-state index contributed by atoms with van der Waals surface area (Å²) in [7, 11) is 0. The Morgan fingerprint density at radius 1 is 1.41 bits per heavy atom. The highest BCUT2D eigenvalue weighted by molar-refractivity contribution is 14.1. The number of benzene rings is 1. The van der Waals surface area contributed by atoms with E-state index in [1.54, 1.807) is 6.92 Å². The Morgan fingerprint density at radius 3 is 2.65 bits per heavy atom. The van der Waals surface area contributed by atoms with Gasteiger partial charge < -0.3 is 4.74 Å². The van der Waals surface area contributed by atoms with Gasteiger partial charge in [-0.2, -0.15) is 5.26 Å². The van der Waals surface area contributed by atoms with Crippen LogP contribution in [0, 0.1) is 14.9 Å². The molecule has 1 aromatic rings. The van der Waals surface area contributed by atoms with Gasteiger partial charge in [0.25, 0.3) is 0 Å². The number of aryl methyl sites for hydroxylation is 1. The summed E-state index contributed by atoms with van der Waals surface area (Å²) < 4.78 is 5.98. The lowest BCUT2D eigenvalue weighted by Gasteiger charge is -2.08. The molecule has 3 nitrogen and oxygen atoms in total.